The van der Waals surface area contributed by atoms with Gasteiger partial charge in [0.1, 0.15) is 19.3 Å². The molecule has 1 N–H and O–H groups in total. The molecule has 94 valence electrons. The average molecular weight is 238 g/mol. The third kappa shape index (κ3) is 2.53. The molecule has 0 aromatic heterocycles. The van der Waals surface area contributed by atoms with Crippen LogP contribution in [-0.4, -0.2) is 31.5 Å². The summed E-state index contributed by atoms with van der Waals surface area (Å²) in [5.74, 6) is 1.43. The van der Waals surface area contributed by atoms with Crippen LogP contribution in [0.2, 0.25) is 0 Å². The Hall–Kier alpha value is -1.26. The molecule has 0 saturated heterocycles. The van der Waals surface area contributed by atoms with Gasteiger partial charge in [-0.1, -0.05) is 13.0 Å². The number of fused-ring (bicyclic) bond motifs is 1. The second-order valence-electron chi connectivity index (χ2n) is 4.03. The van der Waals surface area contributed by atoms with E-state index in [1.54, 1.807) is 7.11 Å². The number of benzene rings is 1. The Morgan fingerprint density at radius 2 is 2.00 bits per heavy atom. The monoisotopic (exact) mass is 238 g/mol. The van der Waals surface area contributed by atoms with E-state index < -0.39 is 6.10 Å². The molecule has 1 aliphatic heterocycles. The molecule has 17 heavy (non-hydrogen) atoms. The van der Waals surface area contributed by atoms with Crippen molar-refractivity contribution >= 4 is 0 Å². The minimum Gasteiger partial charge on any atom is -0.486 e. The fourth-order valence-electron chi connectivity index (χ4n) is 1.98. The summed E-state index contributed by atoms with van der Waals surface area (Å²) < 4.78 is 16.2. The summed E-state index contributed by atoms with van der Waals surface area (Å²) >= 11 is 0. The van der Waals surface area contributed by atoms with Gasteiger partial charge in [-0.25, -0.2) is 0 Å². The summed E-state index contributed by atoms with van der Waals surface area (Å²) in [5, 5.41) is 10.2. The second kappa shape index (κ2) is 5.38. The summed E-state index contributed by atoms with van der Waals surface area (Å²) in [5.41, 5.74) is 0.794. The zero-order valence-electron chi connectivity index (χ0n) is 10.2. The maximum absolute atomic E-state index is 10.2. The predicted molar refractivity (Wildman–Crippen MR) is 63.5 cm³/mol. The van der Waals surface area contributed by atoms with Gasteiger partial charge in [-0.05, 0) is 24.1 Å². The highest BCUT2D eigenvalue weighted by Crippen LogP contribution is 2.33. The molecule has 1 aromatic carbocycles. The molecular formula is C13H18O4. The van der Waals surface area contributed by atoms with Gasteiger partial charge in [-0.2, -0.15) is 0 Å². The van der Waals surface area contributed by atoms with Gasteiger partial charge < -0.3 is 19.3 Å². The number of rotatable bonds is 4. The van der Waals surface area contributed by atoms with Crippen LogP contribution in [0.4, 0.5) is 0 Å². The van der Waals surface area contributed by atoms with E-state index in [1.165, 1.54) is 0 Å². The van der Waals surface area contributed by atoms with Crippen molar-refractivity contribution in [2.24, 2.45) is 0 Å². The second-order valence-corrected chi connectivity index (χ2v) is 4.03. The van der Waals surface area contributed by atoms with E-state index in [2.05, 4.69) is 0 Å². The molecule has 0 aliphatic carbocycles. The fourth-order valence-corrected chi connectivity index (χ4v) is 1.98. The molecule has 0 bridgehead atoms. The first-order valence-corrected chi connectivity index (χ1v) is 5.86. The van der Waals surface area contributed by atoms with Crippen molar-refractivity contribution < 1.29 is 19.3 Å². The number of hydrogen-bond donors (Lipinski definition) is 1. The van der Waals surface area contributed by atoms with Crippen LogP contribution in [0, 0.1) is 0 Å². The number of hydrogen-bond acceptors (Lipinski definition) is 4. The normalized spacial score (nSPS) is 17.6. The van der Waals surface area contributed by atoms with Gasteiger partial charge in [0.25, 0.3) is 0 Å². The molecular weight excluding hydrogens is 220 g/mol. The molecule has 4 heteroatoms. The summed E-state index contributed by atoms with van der Waals surface area (Å²) in [6, 6.07) is 5.50. The molecule has 0 radical (unpaired) electrons. The third-order valence-corrected chi connectivity index (χ3v) is 2.97. The summed E-state index contributed by atoms with van der Waals surface area (Å²) in [6.07, 6.45) is -0.0788. The average Bonchev–Trinajstić information content (AvgIpc) is 2.39. The SMILES string of the molecule is CCC(OC)C(O)c1ccc2c(c1)OCCO2. The van der Waals surface area contributed by atoms with E-state index in [9.17, 15) is 5.11 Å². The van der Waals surface area contributed by atoms with Crippen LogP contribution < -0.4 is 9.47 Å². The molecule has 0 fully saturated rings. The van der Waals surface area contributed by atoms with Crippen LogP contribution >= 0.6 is 0 Å². The zero-order chi connectivity index (χ0) is 12.3. The largest absolute Gasteiger partial charge is 0.486 e. The Morgan fingerprint density at radius 1 is 1.29 bits per heavy atom. The highest BCUT2D eigenvalue weighted by Gasteiger charge is 2.21. The Balaban J connectivity index is 2.21. The summed E-state index contributed by atoms with van der Waals surface area (Å²) in [7, 11) is 1.61. The van der Waals surface area contributed by atoms with Gasteiger partial charge in [0.05, 0.1) is 6.10 Å². The number of ether oxygens (including phenoxy) is 3. The Kier molecular flexibility index (Phi) is 3.86. The molecule has 1 aliphatic rings. The van der Waals surface area contributed by atoms with Crippen molar-refractivity contribution in [2.45, 2.75) is 25.6 Å². The molecule has 0 amide bonds. The predicted octanol–water partition coefficient (Wildman–Crippen LogP) is 1.92. The van der Waals surface area contributed by atoms with Gasteiger partial charge in [-0.3, -0.25) is 0 Å². The minimum absolute atomic E-state index is 0.197. The number of aliphatic hydroxyl groups is 1. The van der Waals surface area contributed by atoms with E-state index in [0.29, 0.717) is 19.0 Å². The lowest BCUT2D eigenvalue weighted by Gasteiger charge is -2.23. The summed E-state index contributed by atoms with van der Waals surface area (Å²) in [4.78, 5) is 0. The van der Waals surface area contributed by atoms with Crippen LogP contribution in [0.5, 0.6) is 11.5 Å². The number of aliphatic hydroxyl groups excluding tert-OH is 1. The minimum atomic E-state index is -0.638. The van der Waals surface area contributed by atoms with Crippen molar-refractivity contribution in [3.63, 3.8) is 0 Å². The van der Waals surface area contributed by atoms with Crippen LogP contribution in [0.1, 0.15) is 25.0 Å². The van der Waals surface area contributed by atoms with E-state index in [0.717, 1.165) is 17.7 Å². The molecule has 2 atom stereocenters. The lowest BCUT2D eigenvalue weighted by molar-refractivity contribution is -0.0150. The smallest absolute Gasteiger partial charge is 0.161 e. The summed E-state index contributed by atoms with van der Waals surface area (Å²) in [6.45, 7) is 3.11. The van der Waals surface area contributed by atoms with Gasteiger partial charge in [-0.15, -0.1) is 0 Å². The lowest BCUT2D eigenvalue weighted by Crippen LogP contribution is -2.20. The Morgan fingerprint density at radius 3 is 2.65 bits per heavy atom. The van der Waals surface area contributed by atoms with Gasteiger partial charge in [0, 0.05) is 7.11 Å². The Bertz CT molecular complexity index is 374. The van der Waals surface area contributed by atoms with Crippen molar-refractivity contribution in [1.82, 2.24) is 0 Å². The molecule has 2 rings (SSSR count). The van der Waals surface area contributed by atoms with Crippen LogP contribution in [0.3, 0.4) is 0 Å². The molecule has 0 spiro atoms. The quantitative estimate of drug-likeness (QED) is 0.870. The fraction of sp³-hybridized carbons (Fsp3) is 0.538. The van der Waals surface area contributed by atoms with Crippen LogP contribution in [-0.2, 0) is 4.74 Å². The first-order chi connectivity index (χ1) is 8.26. The van der Waals surface area contributed by atoms with Crippen molar-refractivity contribution in [3.05, 3.63) is 23.8 Å². The topological polar surface area (TPSA) is 47.9 Å². The first kappa shape index (κ1) is 12.2. The molecule has 4 nitrogen and oxygen atoms in total. The maximum Gasteiger partial charge on any atom is 0.161 e. The first-order valence-electron chi connectivity index (χ1n) is 5.86. The molecule has 2 unspecified atom stereocenters. The molecule has 1 aromatic rings. The lowest BCUT2D eigenvalue weighted by atomic mass is 10.0. The number of methoxy groups -OCH3 is 1. The third-order valence-electron chi connectivity index (χ3n) is 2.97. The van der Waals surface area contributed by atoms with Gasteiger partial charge in [0.2, 0.25) is 0 Å². The van der Waals surface area contributed by atoms with Crippen LogP contribution in [0.15, 0.2) is 18.2 Å². The van der Waals surface area contributed by atoms with Gasteiger partial charge >= 0.3 is 0 Å². The van der Waals surface area contributed by atoms with Crippen LogP contribution in [0.25, 0.3) is 0 Å². The van der Waals surface area contributed by atoms with E-state index in [4.69, 9.17) is 14.2 Å². The molecule has 0 saturated carbocycles. The van der Waals surface area contributed by atoms with E-state index in [1.807, 2.05) is 25.1 Å². The molecule has 1 heterocycles. The highest BCUT2D eigenvalue weighted by atomic mass is 16.6. The highest BCUT2D eigenvalue weighted by molar-refractivity contribution is 5.44. The Labute approximate surface area is 101 Å². The van der Waals surface area contributed by atoms with Crippen molar-refractivity contribution in [1.29, 1.82) is 0 Å². The standard InChI is InChI=1S/C13H18O4/c1-3-10(15-2)13(14)9-4-5-11-12(8-9)17-7-6-16-11/h4-5,8,10,13-14H,3,6-7H2,1-2H3. The van der Waals surface area contributed by atoms with Crippen molar-refractivity contribution in [2.75, 3.05) is 20.3 Å². The van der Waals surface area contributed by atoms with E-state index >= 15 is 0 Å². The van der Waals surface area contributed by atoms with Crippen molar-refractivity contribution in [3.8, 4) is 11.5 Å². The van der Waals surface area contributed by atoms with E-state index in [-0.39, 0.29) is 6.10 Å². The van der Waals surface area contributed by atoms with Gasteiger partial charge in [0.15, 0.2) is 11.5 Å². The zero-order valence-corrected chi connectivity index (χ0v) is 10.2. The maximum atomic E-state index is 10.2.